The number of allylic oxidation sites excluding steroid dienone is 1. The molecule has 0 spiro atoms. The molecule has 0 atom stereocenters. The highest BCUT2D eigenvalue weighted by molar-refractivity contribution is 5.90. The summed E-state index contributed by atoms with van der Waals surface area (Å²) in [4.78, 5) is 22.5. The van der Waals surface area contributed by atoms with E-state index in [1.165, 1.54) is 13.0 Å². The molecule has 0 fully saturated rings. The number of carbonyl (C=O) groups excluding carboxylic acids is 2. The molecule has 98 valence electrons. The average Bonchev–Trinajstić information content (AvgIpc) is 2.23. The molecular formula is C10H14F3NO3. The van der Waals surface area contributed by atoms with Gasteiger partial charge in [0.25, 0.3) is 0 Å². The number of esters is 1. The van der Waals surface area contributed by atoms with Crippen molar-refractivity contribution in [3.05, 3.63) is 11.6 Å². The first-order valence-electron chi connectivity index (χ1n) is 4.88. The van der Waals surface area contributed by atoms with Crippen LogP contribution >= 0.6 is 0 Å². The smallest absolute Gasteiger partial charge is 0.463 e. The first kappa shape index (κ1) is 15.5. The summed E-state index contributed by atoms with van der Waals surface area (Å²) < 4.78 is 40.9. The van der Waals surface area contributed by atoms with Crippen molar-refractivity contribution in [3.63, 3.8) is 0 Å². The molecule has 0 unspecified atom stereocenters. The van der Waals surface area contributed by atoms with Crippen LogP contribution in [0, 0.1) is 0 Å². The Morgan fingerprint density at radius 2 is 1.88 bits per heavy atom. The molecule has 1 amide bonds. The van der Waals surface area contributed by atoms with E-state index in [1.54, 1.807) is 6.92 Å². The molecule has 0 aliphatic rings. The van der Waals surface area contributed by atoms with Crippen LogP contribution in [0.5, 0.6) is 0 Å². The second kappa shape index (κ2) is 6.27. The molecule has 0 saturated heterocycles. The van der Waals surface area contributed by atoms with Crippen LogP contribution in [0.1, 0.15) is 13.8 Å². The van der Waals surface area contributed by atoms with E-state index >= 15 is 0 Å². The zero-order chi connectivity index (χ0) is 13.6. The van der Waals surface area contributed by atoms with Gasteiger partial charge in [-0.3, -0.25) is 4.79 Å². The van der Waals surface area contributed by atoms with Gasteiger partial charge in [0.15, 0.2) is 0 Å². The Kier molecular flexibility index (Phi) is 5.70. The topological polar surface area (TPSA) is 46.6 Å². The van der Waals surface area contributed by atoms with E-state index in [9.17, 15) is 22.8 Å². The highest BCUT2D eigenvalue weighted by atomic mass is 19.4. The molecule has 0 aromatic carbocycles. The second-order valence-electron chi connectivity index (χ2n) is 3.19. The quantitative estimate of drug-likeness (QED) is 0.563. The summed E-state index contributed by atoms with van der Waals surface area (Å²) in [5.74, 6) is -2.72. The van der Waals surface area contributed by atoms with Crippen LogP contribution < -0.4 is 0 Å². The number of hydrogen-bond acceptors (Lipinski definition) is 3. The Balaban J connectivity index is 4.61. The molecule has 0 bridgehead atoms. The number of rotatable bonds is 4. The summed E-state index contributed by atoms with van der Waals surface area (Å²) in [6.45, 7) is 2.74. The minimum atomic E-state index is -4.94. The van der Waals surface area contributed by atoms with E-state index in [2.05, 4.69) is 4.74 Å². The predicted octanol–water partition coefficient (Wildman–Crippen LogP) is 1.52. The van der Waals surface area contributed by atoms with Crippen molar-refractivity contribution >= 4 is 11.9 Å². The highest BCUT2D eigenvalue weighted by Gasteiger charge is 2.41. The highest BCUT2D eigenvalue weighted by Crippen LogP contribution is 2.18. The Morgan fingerprint density at radius 1 is 1.35 bits per heavy atom. The number of nitrogens with zero attached hydrogens (tertiary/aromatic N) is 1. The van der Waals surface area contributed by atoms with Gasteiger partial charge in [0.1, 0.15) is 0 Å². The zero-order valence-electron chi connectivity index (χ0n) is 9.80. The molecule has 0 aromatic rings. The van der Waals surface area contributed by atoms with E-state index in [-0.39, 0.29) is 12.2 Å². The van der Waals surface area contributed by atoms with Gasteiger partial charge in [-0.25, -0.2) is 4.79 Å². The van der Waals surface area contributed by atoms with Crippen LogP contribution in [0.15, 0.2) is 11.6 Å². The number of likely N-dealkylation sites (N-methyl/N-ethyl adjacent to an activating group) is 1. The SMILES string of the molecule is C/C=C(\CN(C)C(=O)C(F)(F)F)C(=O)OCC. The minimum Gasteiger partial charge on any atom is -0.463 e. The largest absolute Gasteiger partial charge is 0.471 e. The standard InChI is InChI=1S/C10H14F3NO3/c1-4-7(8(15)17-5-2)6-14(3)9(16)10(11,12)13/h4H,5-6H2,1-3H3/b7-4+. The molecular weight excluding hydrogens is 239 g/mol. The van der Waals surface area contributed by atoms with Gasteiger partial charge in [0.05, 0.1) is 18.7 Å². The second-order valence-corrected chi connectivity index (χ2v) is 3.19. The van der Waals surface area contributed by atoms with Gasteiger partial charge in [-0.2, -0.15) is 13.2 Å². The number of hydrogen-bond donors (Lipinski definition) is 0. The first-order valence-corrected chi connectivity index (χ1v) is 4.88. The fourth-order valence-electron chi connectivity index (χ4n) is 1.04. The molecule has 0 rings (SSSR count). The van der Waals surface area contributed by atoms with Gasteiger partial charge in [-0.1, -0.05) is 6.08 Å². The van der Waals surface area contributed by atoms with Gasteiger partial charge in [0, 0.05) is 7.05 Å². The monoisotopic (exact) mass is 253 g/mol. The van der Waals surface area contributed by atoms with Crippen LogP contribution in [-0.2, 0) is 14.3 Å². The van der Waals surface area contributed by atoms with Gasteiger partial charge in [-0.05, 0) is 13.8 Å². The summed E-state index contributed by atoms with van der Waals surface area (Å²) in [5, 5.41) is 0. The molecule has 4 nitrogen and oxygen atoms in total. The fraction of sp³-hybridized carbons (Fsp3) is 0.600. The van der Waals surface area contributed by atoms with E-state index in [0.29, 0.717) is 4.90 Å². The van der Waals surface area contributed by atoms with Crippen LogP contribution in [0.25, 0.3) is 0 Å². The molecule has 7 heteroatoms. The van der Waals surface area contributed by atoms with Crippen LogP contribution in [-0.4, -0.2) is 43.2 Å². The molecule has 0 saturated carbocycles. The molecule has 0 radical (unpaired) electrons. The van der Waals surface area contributed by atoms with E-state index in [1.807, 2.05) is 0 Å². The van der Waals surface area contributed by atoms with Gasteiger partial charge < -0.3 is 9.64 Å². The number of halogens is 3. The Hall–Kier alpha value is -1.53. The lowest BCUT2D eigenvalue weighted by molar-refractivity contribution is -0.183. The third-order valence-electron chi connectivity index (χ3n) is 1.88. The molecule has 0 N–H and O–H groups in total. The van der Waals surface area contributed by atoms with Crippen LogP contribution in [0.4, 0.5) is 13.2 Å². The fourth-order valence-corrected chi connectivity index (χ4v) is 1.04. The lowest BCUT2D eigenvalue weighted by atomic mass is 10.2. The summed E-state index contributed by atoms with van der Waals surface area (Å²) in [6, 6.07) is 0. The average molecular weight is 253 g/mol. The number of carbonyl (C=O) groups is 2. The first-order chi connectivity index (χ1) is 7.73. The molecule has 0 heterocycles. The zero-order valence-corrected chi connectivity index (χ0v) is 9.80. The molecule has 0 aliphatic carbocycles. The van der Waals surface area contributed by atoms with Crippen molar-refractivity contribution in [3.8, 4) is 0 Å². The Bertz CT molecular complexity index is 323. The summed E-state index contributed by atoms with van der Waals surface area (Å²) in [6.07, 6.45) is -3.62. The third kappa shape index (κ3) is 4.88. The summed E-state index contributed by atoms with van der Waals surface area (Å²) in [7, 11) is 0.971. The lowest BCUT2D eigenvalue weighted by Crippen LogP contribution is -2.40. The van der Waals surface area contributed by atoms with Crippen molar-refractivity contribution in [1.82, 2.24) is 4.90 Å². The summed E-state index contributed by atoms with van der Waals surface area (Å²) in [5.41, 5.74) is 0.00644. The van der Waals surface area contributed by atoms with Gasteiger partial charge in [-0.15, -0.1) is 0 Å². The maximum Gasteiger partial charge on any atom is 0.471 e. The predicted molar refractivity (Wildman–Crippen MR) is 54.1 cm³/mol. The molecule has 0 aliphatic heterocycles. The van der Waals surface area contributed by atoms with Crippen molar-refractivity contribution in [2.75, 3.05) is 20.2 Å². The Morgan fingerprint density at radius 3 is 2.24 bits per heavy atom. The minimum absolute atomic E-state index is 0.00644. The molecule has 17 heavy (non-hydrogen) atoms. The van der Waals surface area contributed by atoms with E-state index in [4.69, 9.17) is 0 Å². The normalized spacial score (nSPS) is 12.2. The lowest BCUT2D eigenvalue weighted by Gasteiger charge is -2.19. The molecule has 0 aromatic heterocycles. The van der Waals surface area contributed by atoms with Crippen LogP contribution in [0.2, 0.25) is 0 Å². The van der Waals surface area contributed by atoms with E-state index < -0.39 is 24.6 Å². The number of alkyl halides is 3. The van der Waals surface area contributed by atoms with E-state index in [0.717, 1.165) is 7.05 Å². The maximum atomic E-state index is 12.1. The van der Waals surface area contributed by atoms with Crippen molar-refractivity contribution in [1.29, 1.82) is 0 Å². The maximum absolute atomic E-state index is 12.1. The van der Waals surface area contributed by atoms with Crippen molar-refractivity contribution in [2.24, 2.45) is 0 Å². The van der Waals surface area contributed by atoms with Crippen molar-refractivity contribution in [2.45, 2.75) is 20.0 Å². The number of ether oxygens (including phenoxy) is 1. The van der Waals surface area contributed by atoms with Crippen molar-refractivity contribution < 1.29 is 27.5 Å². The number of amides is 1. The van der Waals surface area contributed by atoms with Gasteiger partial charge >= 0.3 is 18.1 Å². The third-order valence-corrected chi connectivity index (χ3v) is 1.88. The summed E-state index contributed by atoms with van der Waals surface area (Å²) >= 11 is 0. The van der Waals surface area contributed by atoms with Crippen LogP contribution in [0.3, 0.4) is 0 Å². The Labute approximate surface area is 97.0 Å². The van der Waals surface area contributed by atoms with Gasteiger partial charge in [0.2, 0.25) is 0 Å².